The van der Waals surface area contributed by atoms with Crippen molar-refractivity contribution in [2.45, 2.75) is 31.7 Å². The molecule has 0 radical (unpaired) electrons. The molecule has 1 atom stereocenters. The lowest BCUT2D eigenvalue weighted by Crippen LogP contribution is -2.23. The number of hydrogen-bond donors (Lipinski definition) is 1. The maximum Gasteiger partial charge on any atom is 0.0418 e. The van der Waals surface area contributed by atoms with E-state index in [4.69, 9.17) is 0 Å². The second kappa shape index (κ2) is 8.02. The first-order chi connectivity index (χ1) is 10.1. The van der Waals surface area contributed by atoms with Gasteiger partial charge in [-0.1, -0.05) is 52.7 Å². The molecule has 0 bridgehead atoms. The average molecular weight is 364 g/mol. The van der Waals surface area contributed by atoms with E-state index >= 15 is 0 Å². The molecule has 1 unspecified atom stereocenters. The van der Waals surface area contributed by atoms with Gasteiger partial charge < -0.3 is 5.32 Å². The van der Waals surface area contributed by atoms with Crippen LogP contribution in [0.5, 0.6) is 0 Å². The molecule has 21 heavy (non-hydrogen) atoms. The Kier molecular flexibility index (Phi) is 6.34. The van der Waals surface area contributed by atoms with Gasteiger partial charge in [-0.2, -0.15) is 0 Å². The maximum absolute atomic E-state index is 3.62. The van der Waals surface area contributed by atoms with Gasteiger partial charge in [-0.25, -0.2) is 0 Å². The van der Waals surface area contributed by atoms with Gasteiger partial charge in [0.05, 0.1) is 0 Å². The molecular weight excluding hydrogens is 342 g/mol. The van der Waals surface area contributed by atoms with Crippen molar-refractivity contribution in [1.29, 1.82) is 0 Å². The standard InChI is InChI=1S/C18H22BrNS/c1-4-20-18(17-10-13(2)8-9-14(17)3)12-21-16-7-5-6-15(19)11-16/h5-11,18,20H,4,12H2,1-3H3. The van der Waals surface area contributed by atoms with Crippen LogP contribution in [0.2, 0.25) is 0 Å². The van der Waals surface area contributed by atoms with Crippen LogP contribution in [0.15, 0.2) is 51.8 Å². The molecule has 2 rings (SSSR count). The van der Waals surface area contributed by atoms with Crippen LogP contribution in [0.25, 0.3) is 0 Å². The minimum absolute atomic E-state index is 0.388. The highest BCUT2D eigenvalue weighted by atomic mass is 79.9. The quantitative estimate of drug-likeness (QED) is 0.679. The molecule has 0 aliphatic rings. The molecule has 0 aromatic heterocycles. The zero-order valence-electron chi connectivity index (χ0n) is 12.8. The molecule has 0 spiro atoms. The van der Waals surface area contributed by atoms with Crippen LogP contribution in [0.1, 0.15) is 29.7 Å². The molecule has 1 nitrogen and oxygen atoms in total. The van der Waals surface area contributed by atoms with Crippen molar-refractivity contribution < 1.29 is 0 Å². The van der Waals surface area contributed by atoms with Gasteiger partial charge in [0, 0.05) is 21.2 Å². The number of thioether (sulfide) groups is 1. The Morgan fingerprint density at radius 3 is 2.67 bits per heavy atom. The highest BCUT2D eigenvalue weighted by Gasteiger charge is 2.13. The van der Waals surface area contributed by atoms with Crippen LogP contribution in [0, 0.1) is 13.8 Å². The van der Waals surface area contributed by atoms with E-state index in [-0.39, 0.29) is 0 Å². The molecule has 2 aromatic carbocycles. The second-order valence-corrected chi connectivity index (χ2v) is 7.25. The van der Waals surface area contributed by atoms with Crippen LogP contribution in [-0.4, -0.2) is 12.3 Å². The zero-order valence-corrected chi connectivity index (χ0v) is 15.2. The lowest BCUT2D eigenvalue weighted by atomic mass is 10.00. The summed E-state index contributed by atoms with van der Waals surface area (Å²) in [5.74, 6) is 1.04. The maximum atomic E-state index is 3.62. The molecule has 0 aliphatic heterocycles. The van der Waals surface area contributed by atoms with Crippen LogP contribution < -0.4 is 5.32 Å². The summed E-state index contributed by atoms with van der Waals surface area (Å²) in [5.41, 5.74) is 4.10. The van der Waals surface area contributed by atoms with Crippen LogP contribution in [-0.2, 0) is 0 Å². The lowest BCUT2D eigenvalue weighted by Gasteiger charge is -2.21. The Bertz CT molecular complexity index is 598. The molecule has 0 saturated heterocycles. The van der Waals surface area contributed by atoms with Gasteiger partial charge in [-0.05, 0) is 49.7 Å². The van der Waals surface area contributed by atoms with Gasteiger partial charge >= 0.3 is 0 Å². The summed E-state index contributed by atoms with van der Waals surface area (Å²) in [6, 6.07) is 15.6. The highest BCUT2D eigenvalue weighted by molar-refractivity contribution is 9.10. The Balaban J connectivity index is 2.13. The smallest absolute Gasteiger partial charge is 0.0418 e. The van der Waals surface area contributed by atoms with Crippen molar-refractivity contribution >= 4 is 27.7 Å². The number of aryl methyl sites for hydroxylation is 2. The number of rotatable bonds is 6. The predicted molar refractivity (Wildman–Crippen MR) is 97.2 cm³/mol. The van der Waals surface area contributed by atoms with Crippen molar-refractivity contribution in [3.8, 4) is 0 Å². The molecule has 1 N–H and O–H groups in total. The minimum Gasteiger partial charge on any atom is -0.309 e. The first-order valence-corrected chi connectivity index (χ1v) is 9.07. The third-order valence-corrected chi connectivity index (χ3v) is 5.05. The predicted octanol–water partition coefficient (Wildman–Crippen LogP) is 5.51. The van der Waals surface area contributed by atoms with E-state index in [9.17, 15) is 0 Å². The number of hydrogen-bond acceptors (Lipinski definition) is 2. The van der Waals surface area contributed by atoms with Crippen molar-refractivity contribution in [1.82, 2.24) is 5.32 Å². The molecule has 0 amide bonds. The Morgan fingerprint density at radius 1 is 1.14 bits per heavy atom. The number of benzene rings is 2. The molecular formula is C18H22BrNS. The van der Waals surface area contributed by atoms with E-state index in [1.165, 1.54) is 21.6 Å². The fraction of sp³-hybridized carbons (Fsp3) is 0.333. The average Bonchev–Trinajstić information content (AvgIpc) is 2.46. The van der Waals surface area contributed by atoms with E-state index in [0.29, 0.717) is 6.04 Å². The van der Waals surface area contributed by atoms with Crippen molar-refractivity contribution in [3.63, 3.8) is 0 Å². The minimum atomic E-state index is 0.388. The SMILES string of the molecule is CCNC(CSc1cccc(Br)c1)c1cc(C)ccc1C. The monoisotopic (exact) mass is 363 g/mol. The summed E-state index contributed by atoms with van der Waals surface area (Å²) in [5, 5.41) is 3.62. The molecule has 3 heteroatoms. The van der Waals surface area contributed by atoms with Gasteiger partial charge in [0.2, 0.25) is 0 Å². The third-order valence-electron chi connectivity index (χ3n) is 3.47. The first-order valence-electron chi connectivity index (χ1n) is 7.29. The molecule has 0 fully saturated rings. The fourth-order valence-corrected chi connectivity index (χ4v) is 3.97. The number of nitrogens with one attached hydrogen (secondary N) is 1. The largest absolute Gasteiger partial charge is 0.309 e. The summed E-state index contributed by atoms with van der Waals surface area (Å²) < 4.78 is 1.14. The van der Waals surface area contributed by atoms with E-state index in [1.807, 2.05) is 11.8 Å². The molecule has 0 saturated carbocycles. The summed E-state index contributed by atoms with van der Waals surface area (Å²) >= 11 is 5.44. The summed E-state index contributed by atoms with van der Waals surface area (Å²) in [4.78, 5) is 1.30. The molecule has 2 aromatic rings. The summed E-state index contributed by atoms with van der Waals surface area (Å²) in [6.07, 6.45) is 0. The Labute approximate surface area is 140 Å². The molecule has 0 aliphatic carbocycles. The van der Waals surface area contributed by atoms with Crippen molar-refractivity contribution in [2.24, 2.45) is 0 Å². The Morgan fingerprint density at radius 2 is 1.95 bits per heavy atom. The third kappa shape index (κ3) is 4.87. The van der Waals surface area contributed by atoms with E-state index in [2.05, 4.69) is 84.5 Å². The topological polar surface area (TPSA) is 12.0 Å². The van der Waals surface area contributed by atoms with Gasteiger partial charge in [0.15, 0.2) is 0 Å². The molecule has 112 valence electrons. The van der Waals surface area contributed by atoms with Crippen LogP contribution >= 0.6 is 27.7 Å². The summed E-state index contributed by atoms with van der Waals surface area (Å²) in [6.45, 7) is 7.51. The second-order valence-electron chi connectivity index (χ2n) is 5.24. The van der Waals surface area contributed by atoms with Crippen molar-refractivity contribution in [3.05, 3.63) is 63.6 Å². The van der Waals surface area contributed by atoms with E-state index in [0.717, 1.165) is 16.8 Å². The molecule has 0 heterocycles. The normalized spacial score (nSPS) is 12.4. The van der Waals surface area contributed by atoms with Gasteiger partial charge in [0.1, 0.15) is 0 Å². The Hall–Kier alpha value is -0.770. The van der Waals surface area contributed by atoms with Crippen LogP contribution in [0.3, 0.4) is 0 Å². The fourth-order valence-electron chi connectivity index (χ4n) is 2.38. The highest BCUT2D eigenvalue weighted by Crippen LogP contribution is 2.28. The van der Waals surface area contributed by atoms with Crippen LogP contribution in [0.4, 0.5) is 0 Å². The van der Waals surface area contributed by atoms with Gasteiger partial charge in [-0.3, -0.25) is 0 Å². The van der Waals surface area contributed by atoms with Gasteiger partial charge in [0.25, 0.3) is 0 Å². The first kappa shape index (κ1) is 16.6. The van der Waals surface area contributed by atoms with E-state index in [1.54, 1.807) is 0 Å². The van der Waals surface area contributed by atoms with E-state index < -0.39 is 0 Å². The lowest BCUT2D eigenvalue weighted by molar-refractivity contribution is 0.603. The van der Waals surface area contributed by atoms with Crippen molar-refractivity contribution in [2.75, 3.05) is 12.3 Å². The zero-order chi connectivity index (χ0) is 15.2. The number of halogens is 1. The van der Waals surface area contributed by atoms with Gasteiger partial charge in [-0.15, -0.1) is 11.8 Å². The summed E-state index contributed by atoms with van der Waals surface area (Å²) in [7, 11) is 0.